The van der Waals surface area contributed by atoms with Crippen LogP contribution in [0.25, 0.3) is 17.0 Å². The zero-order valence-electron chi connectivity index (χ0n) is 16.4. The summed E-state index contributed by atoms with van der Waals surface area (Å²) in [6, 6.07) is 6.63. The van der Waals surface area contributed by atoms with Crippen molar-refractivity contribution in [1.82, 2.24) is 23.7 Å². The van der Waals surface area contributed by atoms with Gasteiger partial charge in [0.15, 0.2) is 5.69 Å². The third kappa shape index (κ3) is 3.78. The molecule has 0 aliphatic carbocycles. The van der Waals surface area contributed by atoms with Crippen molar-refractivity contribution in [2.24, 2.45) is 0 Å². The van der Waals surface area contributed by atoms with Crippen LogP contribution in [0.5, 0.6) is 0 Å². The fraction of sp³-hybridized carbons (Fsp3) is 0.250. The molecule has 0 fully saturated rings. The number of rotatable bonds is 4. The van der Waals surface area contributed by atoms with Crippen LogP contribution in [0.3, 0.4) is 0 Å². The molecule has 6 nitrogen and oxygen atoms in total. The van der Waals surface area contributed by atoms with E-state index in [0.29, 0.717) is 15.8 Å². The quantitative estimate of drug-likeness (QED) is 0.376. The van der Waals surface area contributed by atoms with E-state index in [9.17, 15) is 18.0 Å². The van der Waals surface area contributed by atoms with Gasteiger partial charge in [-0.25, -0.2) is 13.9 Å². The summed E-state index contributed by atoms with van der Waals surface area (Å²) in [6.07, 6.45) is -2.24. The maximum Gasteiger partial charge on any atom is 0.434 e. The third-order valence-corrected chi connectivity index (χ3v) is 5.43. The molecular weight excluding hydrogens is 482 g/mol. The predicted octanol–water partition coefficient (Wildman–Crippen LogP) is 4.91. The van der Waals surface area contributed by atoms with Gasteiger partial charge in [0.05, 0.1) is 11.6 Å². The number of imidazole rings is 1. The lowest BCUT2D eigenvalue weighted by molar-refractivity contribution is -0.140. The highest BCUT2D eigenvalue weighted by Gasteiger charge is 2.35. The van der Waals surface area contributed by atoms with Gasteiger partial charge in [0.1, 0.15) is 21.9 Å². The van der Waals surface area contributed by atoms with Crippen LogP contribution >= 0.6 is 15.9 Å². The summed E-state index contributed by atoms with van der Waals surface area (Å²) >= 11 is 3.27. The molecule has 1 aromatic carbocycles. The second kappa shape index (κ2) is 7.63. The molecule has 0 saturated heterocycles. The standard InChI is InChI=1S/C20H16BrF4N5O/c1-3-28-10-15(20(23,24)25)26-19(28)13-5-4-12(8-14(13)22)11(2)30-17-9-16(21)27-29(17)7-6-18(30)31/h4-11H,3H2,1-2H3. The number of aryl methyl sites for hydroxylation is 1. The highest BCUT2D eigenvalue weighted by Crippen LogP contribution is 2.33. The average molecular weight is 498 g/mol. The number of benzene rings is 1. The second-order valence-electron chi connectivity index (χ2n) is 6.94. The molecule has 0 bridgehead atoms. The molecule has 0 N–H and O–H groups in total. The Kier molecular flexibility index (Phi) is 5.24. The first-order valence-electron chi connectivity index (χ1n) is 9.30. The molecular formula is C20H16BrF4N5O. The Morgan fingerprint density at radius 3 is 2.58 bits per heavy atom. The molecule has 11 heteroatoms. The summed E-state index contributed by atoms with van der Waals surface area (Å²) in [5.41, 5.74) is -0.447. The molecule has 4 rings (SSSR count). The van der Waals surface area contributed by atoms with E-state index < -0.39 is 23.7 Å². The van der Waals surface area contributed by atoms with Gasteiger partial charge in [0.25, 0.3) is 5.56 Å². The van der Waals surface area contributed by atoms with E-state index in [4.69, 9.17) is 0 Å². The average Bonchev–Trinajstić information content (AvgIpc) is 3.30. The Balaban J connectivity index is 1.78. The summed E-state index contributed by atoms with van der Waals surface area (Å²) in [5, 5.41) is 4.20. The normalized spacial score (nSPS) is 13.1. The molecule has 1 unspecified atom stereocenters. The van der Waals surface area contributed by atoms with Crippen LogP contribution in [0.4, 0.5) is 17.6 Å². The van der Waals surface area contributed by atoms with Crippen LogP contribution in [-0.2, 0) is 12.7 Å². The maximum atomic E-state index is 15.0. The van der Waals surface area contributed by atoms with Crippen LogP contribution in [0, 0.1) is 5.82 Å². The molecule has 0 radical (unpaired) electrons. The van der Waals surface area contributed by atoms with E-state index in [1.54, 1.807) is 26.0 Å². The van der Waals surface area contributed by atoms with E-state index in [-0.39, 0.29) is 23.5 Å². The van der Waals surface area contributed by atoms with Crippen molar-refractivity contribution in [3.8, 4) is 11.4 Å². The Labute approximate surface area is 181 Å². The summed E-state index contributed by atoms with van der Waals surface area (Å²) in [7, 11) is 0. The lowest BCUT2D eigenvalue weighted by Crippen LogP contribution is -2.25. The van der Waals surface area contributed by atoms with Crippen LogP contribution in [0.2, 0.25) is 0 Å². The van der Waals surface area contributed by atoms with Crippen LogP contribution < -0.4 is 5.56 Å². The Bertz CT molecular complexity index is 1340. The zero-order chi connectivity index (χ0) is 22.5. The number of alkyl halides is 3. The SMILES string of the molecule is CCn1cc(C(F)(F)F)nc1-c1ccc(C(C)n2c(=O)ccn3nc(Br)cc23)cc1F. The molecule has 31 heavy (non-hydrogen) atoms. The first-order valence-corrected chi connectivity index (χ1v) is 10.1. The van der Waals surface area contributed by atoms with Crippen molar-refractivity contribution in [2.75, 3.05) is 0 Å². The van der Waals surface area contributed by atoms with Crippen molar-refractivity contribution in [3.63, 3.8) is 0 Å². The Morgan fingerprint density at radius 2 is 1.94 bits per heavy atom. The molecule has 0 aliphatic rings. The maximum absolute atomic E-state index is 15.0. The van der Waals surface area contributed by atoms with E-state index in [0.717, 1.165) is 6.20 Å². The zero-order valence-corrected chi connectivity index (χ0v) is 17.9. The predicted molar refractivity (Wildman–Crippen MR) is 109 cm³/mol. The second-order valence-corrected chi connectivity index (χ2v) is 7.76. The van der Waals surface area contributed by atoms with Gasteiger partial charge in [-0.1, -0.05) is 6.07 Å². The van der Waals surface area contributed by atoms with E-state index in [1.165, 1.54) is 38.0 Å². The van der Waals surface area contributed by atoms with Gasteiger partial charge in [-0.3, -0.25) is 9.36 Å². The van der Waals surface area contributed by atoms with Crippen LogP contribution in [0.1, 0.15) is 31.1 Å². The highest BCUT2D eigenvalue weighted by molar-refractivity contribution is 9.10. The Hall–Kier alpha value is -2.95. The molecule has 1 atom stereocenters. The summed E-state index contributed by atoms with van der Waals surface area (Å²) < 4.78 is 58.9. The number of halogens is 5. The lowest BCUT2D eigenvalue weighted by atomic mass is 10.0. The van der Waals surface area contributed by atoms with Gasteiger partial charge in [-0.05, 0) is 47.5 Å². The van der Waals surface area contributed by atoms with Gasteiger partial charge in [-0.15, -0.1) is 0 Å². The fourth-order valence-corrected chi connectivity index (χ4v) is 3.87. The monoisotopic (exact) mass is 497 g/mol. The topological polar surface area (TPSA) is 57.1 Å². The smallest absolute Gasteiger partial charge is 0.331 e. The molecule has 4 aromatic rings. The van der Waals surface area contributed by atoms with Crippen molar-refractivity contribution >= 4 is 21.6 Å². The molecule has 0 spiro atoms. The summed E-state index contributed by atoms with van der Waals surface area (Å²) in [4.78, 5) is 16.1. The minimum absolute atomic E-state index is 0.0500. The van der Waals surface area contributed by atoms with Crippen molar-refractivity contribution in [1.29, 1.82) is 0 Å². The molecule has 0 aliphatic heterocycles. The van der Waals surface area contributed by atoms with Gasteiger partial charge in [-0.2, -0.15) is 18.3 Å². The number of hydrogen-bond acceptors (Lipinski definition) is 3. The molecule has 3 heterocycles. The Morgan fingerprint density at radius 1 is 1.19 bits per heavy atom. The number of nitrogens with zero attached hydrogens (tertiary/aromatic N) is 5. The van der Waals surface area contributed by atoms with E-state index in [2.05, 4.69) is 26.0 Å². The van der Waals surface area contributed by atoms with Gasteiger partial charge < -0.3 is 4.57 Å². The van der Waals surface area contributed by atoms with Crippen molar-refractivity contribution in [2.45, 2.75) is 32.6 Å². The first kappa shape index (κ1) is 21.3. The molecule has 0 amide bonds. The van der Waals surface area contributed by atoms with Gasteiger partial charge in [0.2, 0.25) is 0 Å². The lowest BCUT2D eigenvalue weighted by Gasteiger charge is -2.17. The number of hydrogen-bond donors (Lipinski definition) is 0. The summed E-state index contributed by atoms with van der Waals surface area (Å²) in [5.74, 6) is -0.835. The third-order valence-electron chi connectivity index (χ3n) is 5.04. The minimum Gasteiger partial charge on any atom is -0.331 e. The van der Waals surface area contributed by atoms with Gasteiger partial charge >= 0.3 is 6.18 Å². The highest BCUT2D eigenvalue weighted by atomic mass is 79.9. The van der Waals surface area contributed by atoms with Crippen molar-refractivity contribution < 1.29 is 17.6 Å². The molecule has 0 saturated carbocycles. The summed E-state index contributed by atoms with van der Waals surface area (Å²) in [6.45, 7) is 3.57. The van der Waals surface area contributed by atoms with Gasteiger partial charge in [0, 0.05) is 31.1 Å². The molecule has 162 valence electrons. The van der Waals surface area contributed by atoms with Crippen LogP contribution in [0.15, 0.2) is 52.1 Å². The van der Waals surface area contributed by atoms with E-state index in [1.807, 2.05) is 0 Å². The van der Waals surface area contributed by atoms with E-state index >= 15 is 4.39 Å². The molecule has 3 aromatic heterocycles. The van der Waals surface area contributed by atoms with Crippen LogP contribution in [-0.4, -0.2) is 23.7 Å². The first-order chi connectivity index (χ1) is 14.6. The van der Waals surface area contributed by atoms with Crippen molar-refractivity contribution in [3.05, 3.63) is 74.8 Å². The minimum atomic E-state index is -4.63. The largest absolute Gasteiger partial charge is 0.434 e. The number of fused-ring (bicyclic) bond motifs is 1. The number of aromatic nitrogens is 5. The fourth-order valence-electron chi connectivity index (χ4n) is 3.49.